The fourth-order valence-electron chi connectivity index (χ4n) is 3.03. The molecule has 0 spiro atoms. The van der Waals surface area contributed by atoms with Crippen molar-refractivity contribution in [1.29, 1.82) is 0 Å². The van der Waals surface area contributed by atoms with E-state index in [-0.39, 0.29) is 11.1 Å². The SMILES string of the molecule is Cc1ccc(C(NN)C(C)(C)N2CCCC2)c(F)c1F. The van der Waals surface area contributed by atoms with Gasteiger partial charge in [0.15, 0.2) is 11.6 Å². The molecular weight excluding hydrogens is 260 g/mol. The maximum absolute atomic E-state index is 14.2. The highest BCUT2D eigenvalue weighted by Crippen LogP contribution is 2.35. The zero-order valence-electron chi connectivity index (χ0n) is 12.3. The van der Waals surface area contributed by atoms with Crippen LogP contribution in [0.2, 0.25) is 0 Å². The first-order chi connectivity index (χ1) is 9.39. The van der Waals surface area contributed by atoms with Gasteiger partial charge in [-0.1, -0.05) is 12.1 Å². The van der Waals surface area contributed by atoms with E-state index in [1.165, 1.54) is 0 Å². The number of benzene rings is 1. The monoisotopic (exact) mass is 283 g/mol. The zero-order valence-corrected chi connectivity index (χ0v) is 12.3. The molecule has 1 heterocycles. The van der Waals surface area contributed by atoms with Crippen LogP contribution >= 0.6 is 0 Å². The molecule has 0 saturated carbocycles. The van der Waals surface area contributed by atoms with E-state index in [1.54, 1.807) is 19.1 Å². The molecule has 3 N–H and O–H groups in total. The normalized spacial score (nSPS) is 18.5. The van der Waals surface area contributed by atoms with Gasteiger partial charge in [0.05, 0.1) is 6.04 Å². The van der Waals surface area contributed by atoms with Crippen LogP contribution in [-0.4, -0.2) is 23.5 Å². The number of hydrazine groups is 1. The first-order valence-corrected chi connectivity index (χ1v) is 7.05. The summed E-state index contributed by atoms with van der Waals surface area (Å²) in [7, 11) is 0. The molecule has 1 aromatic rings. The van der Waals surface area contributed by atoms with E-state index in [4.69, 9.17) is 5.84 Å². The highest BCUT2D eigenvalue weighted by molar-refractivity contribution is 5.30. The molecule has 1 fully saturated rings. The lowest BCUT2D eigenvalue weighted by Crippen LogP contribution is -2.53. The Balaban J connectivity index is 2.39. The van der Waals surface area contributed by atoms with Gasteiger partial charge in [0, 0.05) is 11.1 Å². The Morgan fingerprint density at radius 3 is 2.35 bits per heavy atom. The van der Waals surface area contributed by atoms with Crippen LogP contribution < -0.4 is 11.3 Å². The van der Waals surface area contributed by atoms with Crippen molar-refractivity contribution >= 4 is 0 Å². The molecule has 0 radical (unpaired) electrons. The van der Waals surface area contributed by atoms with E-state index in [2.05, 4.69) is 10.3 Å². The third-order valence-corrected chi connectivity index (χ3v) is 4.41. The molecule has 2 rings (SSSR count). The Hall–Kier alpha value is -1.04. The Labute approximate surface area is 119 Å². The molecule has 1 unspecified atom stereocenters. The van der Waals surface area contributed by atoms with Crippen LogP contribution in [-0.2, 0) is 0 Å². The topological polar surface area (TPSA) is 41.3 Å². The van der Waals surface area contributed by atoms with Crippen molar-refractivity contribution < 1.29 is 8.78 Å². The molecule has 1 aliphatic rings. The van der Waals surface area contributed by atoms with Gasteiger partial charge in [0.25, 0.3) is 0 Å². The van der Waals surface area contributed by atoms with E-state index < -0.39 is 17.7 Å². The van der Waals surface area contributed by atoms with Gasteiger partial charge >= 0.3 is 0 Å². The number of hydrogen-bond donors (Lipinski definition) is 2. The minimum absolute atomic E-state index is 0.285. The largest absolute Gasteiger partial charge is 0.296 e. The maximum Gasteiger partial charge on any atom is 0.163 e. The molecule has 1 atom stereocenters. The van der Waals surface area contributed by atoms with Crippen LogP contribution in [0, 0.1) is 18.6 Å². The standard InChI is InChI=1S/C15H23F2N3/c1-10-6-7-11(13(17)12(10)16)14(19-18)15(2,3)20-8-4-5-9-20/h6-7,14,19H,4-5,8-9,18H2,1-3H3. The van der Waals surface area contributed by atoms with E-state index in [1.807, 2.05) is 13.8 Å². The minimum atomic E-state index is -0.805. The molecule has 0 amide bonds. The molecule has 0 aliphatic carbocycles. The first-order valence-electron chi connectivity index (χ1n) is 7.05. The third-order valence-electron chi connectivity index (χ3n) is 4.41. The van der Waals surface area contributed by atoms with Gasteiger partial charge in [0.2, 0.25) is 0 Å². The Bertz CT molecular complexity index is 482. The van der Waals surface area contributed by atoms with Crippen LogP contribution in [0.4, 0.5) is 8.78 Å². The fraction of sp³-hybridized carbons (Fsp3) is 0.600. The number of nitrogens with zero attached hydrogens (tertiary/aromatic N) is 1. The Morgan fingerprint density at radius 1 is 1.20 bits per heavy atom. The lowest BCUT2D eigenvalue weighted by Gasteiger charge is -2.42. The quantitative estimate of drug-likeness (QED) is 0.659. The van der Waals surface area contributed by atoms with Crippen molar-refractivity contribution in [2.24, 2.45) is 5.84 Å². The zero-order chi connectivity index (χ0) is 14.9. The Kier molecular flexibility index (Phi) is 4.42. The summed E-state index contributed by atoms with van der Waals surface area (Å²) in [4.78, 5) is 2.27. The molecule has 0 aromatic heterocycles. The lowest BCUT2D eigenvalue weighted by molar-refractivity contribution is 0.105. The predicted octanol–water partition coefficient (Wildman–Crippen LogP) is 2.65. The van der Waals surface area contributed by atoms with Crippen molar-refractivity contribution in [3.63, 3.8) is 0 Å². The molecule has 20 heavy (non-hydrogen) atoms. The molecule has 1 aromatic carbocycles. The molecular formula is C15H23F2N3. The summed E-state index contributed by atoms with van der Waals surface area (Å²) in [6, 6.07) is 2.75. The van der Waals surface area contributed by atoms with Gasteiger partial charge in [-0.05, 0) is 52.3 Å². The van der Waals surface area contributed by atoms with Gasteiger partial charge < -0.3 is 0 Å². The number of likely N-dealkylation sites (tertiary alicyclic amines) is 1. The van der Waals surface area contributed by atoms with Crippen LogP contribution in [0.1, 0.15) is 43.9 Å². The van der Waals surface area contributed by atoms with Crippen molar-refractivity contribution in [3.05, 3.63) is 34.9 Å². The van der Waals surface area contributed by atoms with Crippen LogP contribution in [0.25, 0.3) is 0 Å². The van der Waals surface area contributed by atoms with E-state index in [0.717, 1.165) is 25.9 Å². The van der Waals surface area contributed by atoms with Gasteiger partial charge in [0.1, 0.15) is 0 Å². The molecule has 5 heteroatoms. The highest BCUT2D eigenvalue weighted by atomic mass is 19.2. The van der Waals surface area contributed by atoms with Gasteiger partial charge in [-0.2, -0.15) is 0 Å². The second-order valence-corrected chi connectivity index (χ2v) is 6.05. The van der Waals surface area contributed by atoms with Crippen LogP contribution in [0.3, 0.4) is 0 Å². The van der Waals surface area contributed by atoms with E-state index in [0.29, 0.717) is 5.56 Å². The number of rotatable bonds is 4. The maximum atomic E-state index is 14.2. The molecule has 0 bridgehead atoms. The Morgan fingerprint density at radius 2 is 1.80 bits per heavy atom. The number of aryl methyl sites for hydroxylation is 1. The molecule has 1 aliphatic heterocycles. The van der Waals surface area contributed by atoms with Crippen LogP contribution in [0.5, 0.6) is 0 Å². The summed E-state index contributed by atoms with van der Waals surface area (Å²) >= 11 is 0. The molecule has 1 saturated heterocycles. The van der Waals surface area contributed by atoms with Gasteiger partial charge in [-0.15, -0.1) is 0 Å². The van der Waals surface area contributed by atoms with Gasteiger partial charge in [-0.25, -0.2) is 8.78 Å². The summed E-state index contributed by atoms with van der Waals surface area (Å²) < 4.78 is 28.0. The lowest BCUT2D eigenvalue weighted by atomic mass is 9.86. The van der Waals surface area contributed by atoms with Crippen molar-refractivity contribution in [2.75, 3.05) is 13.1 Å². The number of hydrogen-bond acceptors (Lipinski definition) is 3. The predicted molar refractivity (Wildman–Crippen MR) is 76.0 cm³/mol. The summed E-state index contributed by atoms with van der Waals surface area (Å²) in [6.07, 6.45) is 2.26. The number of nitrogens with one attached hydrogen (secondary N) is 1. The van der Waals surface area contributed by atoms with E-state index >= 15 is 0 Å². The van der Waals surface area contributed by atoms with Gasteiger partial charge in [-0.3, -0.25) is 16.2 Å². The summed E-state index contributed by atoms with van der Waals surface area (Å²) in [5.41, 5.74) is 2.88. The minimum Gasteiger partial charge on any atom is -0.296 e. The van der Waals surface area contributed by atoms with Crippen molar-refractivity contribution in [3.8, 4) is 0 Å². The molecule has 112 valence electrons. The van der Waals surface area contributed by atoms with Crippen molar-refractivity contribution in [1.82, 2.24) is 10.3 Å². The average Bonchev–Trinajstić information content (AvgIpc) is 2.94. The third kappa shape index (κ3) is 2.57. The van der Waals surface area contributed by atoms with Crippen molar-refractivity contribution in [2.45, 2.75) is 45.2 Å². The molecule has 3 nitrogen and oxygen atoms in total. The number of nitrogens with two attached hydrogens (primary N) is 1. The fourth-order valence-corrected chi connectivity index (χ4v) is 3.03. The average molecular weight is 283 g/mol. The summed E-state index contributed by atoms with van der Waals surface area (Å²) in [6.45, 7) is 7.50. The summed E-state index contributed by atoms with van der Waals surface area (Å²) in [5, 5.41) is 0. The smallest absolute Gasteiger partial charge is 0.163 e. The second kappa shape index (κ2) is 5.76. The summed E-state index contributed by atoms with van der Waals surface area (Å²) in [5.74, 6) is 4.05. The first kappa shape index (κ1) is 15.4. The van der Waals surface area contributed by atoms with E-state index in [9.17, 15) is 8.78 Å². The van der Waals surface area contributed by atoms with Crippen LogP contribution in [0.15, 0.2) is 12.1 Å². The number of halogens is 2. The second-order valence-electron chi connectivity index (χ2n) is 6.05. The highest BCUT2D eigenvalue weighted by Gasteiger charge is 2.38.